The minimum Gasteiger partial charge on any atom is -0.508 e. The normalized spacial score (nSPS) is 14.5. The predicted molar refractivity (Wildman–Crippen MR) is 155 cm³/mol. The van der Waals surface area contributed by atoms with Crippen molar-refractivity contribution >= 4 is 23.7 Å². The standard InChI is InChI=1S/C30H38N6O6/c1-3-18(2)26(29(40)35-25(30(41)42)14-19-7-5-4-6-8-19)36-28(39)24(15-21-16-32-17-33-21)34-27(38)23(31)13-20-9-11-22(37)12-10-20/h4-12,16-18,23-26,37H,3,13-15,31H2,1-2H3,(H,32,33)(H,34,38)(H,35,40)(H,36,39)(H,41,42). The Hall–Kier alpha value is -4.71. The van der Waals surface area contributed by atoms with Crippen molar-refractivity contribution in [2.45, 2.75) is 63.7 Å². The zero-order chi connectivity index (χ0) is 30.6. The number of benzene rings is 2. The number of amides is 3. The molecule has 0 fully saturated rings. The summed E-state index contributed by atoms with van der Waals surface area (Å²) < 4.78 is 0. The molecule has 0 aliphatic heterocycles. The number of aromatic hydroxyl groups is 1. The summed E-state index contributed by atoms with van der Waals surface area (Å²) in [6.45, 7) is 3.62. The van der Waals surface area contributed by atoms with Crippen molar-refractivity contribution in [1.82, 2.24) is 25.9 Å². The molecular weight excluding hydrogens is 540 g/mol. The van der Waals surface area contributed by atoms with Crippen molar-refractivity contribution < 1.29 is 29.4 Å². The number of aromatic nitrogens is 2. The Morgan fingerprint density at radius 3 is 2.10 bits per heavy atom. The smallest absolute Gasteiger partial charge is 0.326 e. The van der Waals surface area contributed by atoms with Crippen LogP contribution in [0.25, 0.3) is 0 Å². The van der Waals surface area contributed by atoms with Gasteiger partial charge in [0.15, 0.2) is 0 Å². The molecule has 0 aliphatic rings. The van der Waals surface area contributed by atoms with Gasteiger partial charge in [0, 0.05) is 24.7 Å². The number of hydrogen-bond donors (Lipinski definition) is 7. The number of rotatable bonds is 15. The van der Waals surface area contributed by atoms with Crippen LogP contribution in [0.5, 0.6) is 5.75 Å². The number of aliphatic carboxylic acids is 1. The van der Waals surface area contributed by atoms with Crippen molar-refractivity contribution in [3.8, 4) is 5.75 Å². The second-order valence-electron chi connectivity index (χ2n) is 10.3. The van der Waals surface area contributed by atoms with Crippen LogP contribution in [-0.4, -0.2) is 68.0 Å². The van der Waals surface area contributed by atoms with E-state index in [9.17, 15) is 29.4 Å². The van der Waals surface area contributed by atoms with E-state index in [-0.39, 0.29) is 30.9 Å². The number of nitrogens with zero attached hydrogens (tertiary/aromatic N) is 1. The Balaban J connectivity index is 1.74. The summed E-state index contributed by atoms with van der Waals surface area (Å²) in [7, 11) is 0. The van der Waals surface area contributed by atoms with Crippen LogP contribution >= 0.6 is 0 Å². The Bertz CT molecular complexity index is 1320. The number of aromatic amines is 1. The maximum atomic E-state index is 13.5. The fourth-order valence-electron chi connectivity index (χ4n) is 4.35. The van der Waals surface area contributed by atoms with Gasteiger partial charge >= 0.3 is 5.97 Å². The zero-order valence-electron chi connectivity index (χ0n) is 23.6. The van der Waals surface area contributed by atoms with Crippen LogP contribution < -0.4 is 21.7 Å². The summed E-state index contributed by atoms with van der Waals surface area (Å²) in [4.78, 5) is 58.7. The minimum absolute atomic E-state index is 0.0457. The molecule has 1 heterocycles. The lowest BCUT2D eigenvalue weighted by molar-refractivity contribution is -0.142. The summed E-state index contributed by atoms with van der Waals surface area (Å²) in [5.74, 6) is -3.32. The number of phenolic OH excluding ortho intramolecular Hbond substituents is 1. The van der Waals surface area contributed by atoms with E-state index in [0.717, 1.165) is 11.1 Å². The maximum Gasteiger partial charge on any atom is 0.326 e. The van der Waals surface area contributed by atoms with Crippen LogP contribution in [0.3, 0.4) is 0 Å². The zero-order valence-corrected chi connectivity index (χ0v) is 23.6. The van der Waals surface area contributed by atoms with E-state index < -0.39 is 47.9 Å². The number of nitrogens with two attached hydrogens (primary N) is 1. The number of nitrogens with one attached hydrogen (secondary N) is 4. The minimum atomic E-state index is -1.21. The fourth-order valence-corrected chi connectivity index (χ4v) is 4.35. The molecule has 5 unspecified atom stereocenters. The van der Waals surface area contributed by atoms with Crippen molar-refractivity contribution in [3.05, 3.63) is 83.9 Å². The number of imidazole rings is 1. The molecule has 42 heavy (non-hydrogen) atoms. The molecule has 0 saturated carbocycles. The van der Waals surface area contributed by atoms with E-state index in [1.54, 1.807) is 43.3 Å². The SMILES string of the molecule is CCC(C)C(NC(=O)C(Cc1cnc[nH]1)NC(=O)C(N)Cc1ccc(O)cc1)C(=O)NC(Cc1ccccc1)C(=O)O. The Labute approximate surface area is 244 Å². The molecule has 0 aliphatic carbocycles. The first kappa shape index (κ1) is 31.8. The van der Waals surface area contributed by atoms with E-state index in [4.69, 9.17) is 5.73 Å². The van der Waals surface area contributed by atoms with Gasteiger partial charge < -0.3 is 36.9 Å². The van der Waals surface area contributed by atoms with Crippen LogP contribution in [0.1, 0.15) is 37.1 Å². The summed E-state index contributed by atoms with van der Waals surface area (Å²) in [5.41, 5.74) is 8.16. The van der Waals surface area contributed by atoms with E-state index in [1.165, 1.54) is 24.7 Å². The molecule has 12 heteroatoms. The molecule has 5 atom stereocenters. The summed E-state index contributed by atoms with van der Waals surface area (Å²) in [6, 6.07) is 10.8. The average Bonchev–Trinajstić information content (AvgIpc) is 3.49. The van der Waals surface area contributed by atoms with Crippen LogP contribution in [0.2, 0.25) is 0 Å². The number of carboxylic acid groups (broad SMARTS) is 1. The molecule has 3 aromatic rings. The van der Waals surface area contributed by atoms with Crippen LogP contribution in [0, 0.1) is 5.92 Å². The summed E-state index contributed by atoms with van der Waals surface area (Å²) in [6.07, 6.45) is 3.76. The number of phenols is 1. The molecule has 3 rings (SSSR count). The lowest BCUT2D eigenvalue weighted by atomic mass is 9.96. The largest absolute Gasteiger partial charge is 0.508 e. The number of H-pyrrole nitrogens is 1. The average molecular weight is 579 g/mol. The van der Waals surface area contributed by atoms with Gasteiger partial charge in [0.1, 0.15) is 23.9 Å². The van der Waals surface area contributed by atoms with Crippen molar-refractivity contribution in [1.29, 1.82) is 0 Å². The molecule has 2 aromatic carbocycles. The van der Waals surface area contributed by atoms with Crippen molar-refractivity contribution in [2.75, 3.05) is 0 Å². The van der Waals surface area contributed by atoms with Crippen molar-refractivity contribution in [3.63, 3.8) is 0 Å². The number of carboxylic acids is 1. The Morgan fingerprint density at radius 2 is 1.50 bits per heavy atom. The third-order valence-electron chi connectivity index (χ3n) is 7.03. The predicted octanol–water partition coefficient (Wildman–Crippen LogP) is 1.06. The summed E-state index contributed by atoms with van der Waals surface area (Å²) in [5, 5.41) is 27.2. The quantitative estimate of drug-likeness (QED) is 0.139. The van der Waals surface area contributed by atoms with Gasteiger partial charge in [-0.3, -0.25) is 14.4 Å². The fraction of sp³-hybridized carbons (Fsp3) is 0.367. The van der Waals surface area contributed by atoms with E-state index in [0.29, 0.717) is 12.1 Å². The highest BCUT2D eigenvalue weighted by Gasteiger charge is 2.33. The topological polar surface area (TPSA) is 200 Å². The molecule has 0 spiro atoms. The molecule has 0 saturated heterocycles. The molecule has 1 aromatic heterocycles. The molecule has 3 amide bonds. The molecule has 0 radical (unpaired) electrons. The van der Waals surface area contributed by atoms with E-state index in [1.807, 2.05) is 13.0 Å². The molecular formula is C30H38N6O6. The maximum absolute atomic E-state index is 13.5. The molecule has 0 bridgehead atoms. The lowest BCUT2D eigenvalue weighted by Crippen LogP contribution is -2.59. The van der Waals surface area contributed by atoms with Gasteiger partial charge in [-0.2, -0.15) is 0 Å². The van der Waals surface area contributed by atoms with E-state index in [2.05, 4.69) is 25.9 Å². The Morgan fingerprint density at radius 1 is 0.857 bits per heavy atom. The Kier molecular flexibility index (Phi) is 11.6. The third kappa shape index (κ3) is 9.44. The lowest BCUT2D eigenvalue weighted by Gasteiger charge is -2.28. The first-order valence-electron chi connectivity index (χ1n) is 13.8. The molecule has 224 valence electrons. The van der Waals surface area contributed by atoms with Gasteiger partial charge in [-0.05, 0) is 35.6 Å². The van der Waals surface area contributed by atoms with Gasteiger partial charge in [-0.25, -0.2) is 9.78 Å². The van der Waals surface area contributed by atoms with Crippen LogP contribution in [-0.2, 0) is 38.4 Å². The first-order valence-corrected chi connectivity index (χ1v) is 13.8. The van der Waals surface area contributed by atoms with Gasteiger partial charge in [-0.15, -0.1) is 0 Å². The monoisotopic (exact) mass is 578 g/mol. The van der Waals surface area contributed by atoms with Crippen LogP contribution in [0.15, 0.2) is 67.1 Å². The van der Waals surface area contributed by atoms with Gasteiger partial charge in [0.25, 0.3) is 0 Å². The number of carbonyl (C=O) groups is 4. The second-order valence-corrected chi connectivity index (χ2v) is 10.3. The third-order valence-corrected chi connectivity index (χ3v) is 7.03. The summed E-state index contributed by atoms with van der Waals surface area (Å²) >= 11 is 0. The second kappa shape index (κ2) is 15.3. The van der Waals surface area contributed by atoms with E-state index >= 15 is 0 Å². The van der Waals surface area contributed by atoms with Gasteiger partial charge in [0.2, 0.25) is 17.7 Å². The number of carbonyl (C=O) groups excluding carboxylic acids is 3. The van der Waals surface area contributed by atoms with Gasteiger partial charge in [-0.1, -0.05) is 62.7 Å². The first-order chi connectivity index (χ1) is 20.1. The highest BCUT2D eigenvalue weighted by atomic mass is 16.4. The molecule has 8 N–H and O–H groups in total. The highest BCUT2D eigenvalue weighted by Crippen LogP contribution is 2.13. The number of hydrogen-bond acceptors (Lipinski definition) is 7. The van der Waals surface area contributed by atoms with Gasteiger partial charge in [0.05, 0.1) is 12.4 Å². The van der Waals surface area contributed by atoms with Crippen LogP contribution in [0.4, 0.5) is 0 Å². The van der Waals surface area contributed by atoms with Crippen molar-refractivity contribution in [2.24, 2.45) is 11.7 Å². The highest BCUT2D eigenvalue weighted by molar-refractivity contribution is 5.94. The molecule has 12 nitrogen and oxygen atoms in total.